The standard InChI is InChI=1S/C10H8BrClN4O2S/c11-7-3-5(12)1-2-6(7)9-14-15-10(16(9)13)19-4-8(17)18/h1-3H,4,13H2,(H,17,18). The van der Waals surface area contributed by atoms with Gasteiger partial charge in [0, 0.05) is 15.1 Å². The Bertz CT molecular complexity index is 634. The van der Waals surface area contributed by atoms with Crippen LogP contribution in [0, 0.1) is 0 Å². The molecule has 1 heterocycles. The van der Waals surface area contributed by atoms with Gasteiger partial charge in [-0.05, 0) is 34.1 Å². The summed E-state index contributed by atoms with van der Waals surface area (Å²) in [4.78, 5) is 10.5. The molecule has 6 nitrogen and oxygen atoms in total. The zero-order chi connectivity index (χ0) is 14.0. The van der Waals surface area contributed by atoms with Crippen LogP contribution in [0.5, 0.6) is 0 Å². The van der Waals surface area contributed by atoms with E-state index in [9.17, 15) is 4.79 Å². The van der Waals surface area contributed by atoms with Gasteiger partial charge in [0.1, 0.15) is 0 Å². The molecular weight excluding hydrogens is 356 g/mol. The van der Waals surface area contributed by atoms with Crippen molar-refractivity contribution >= 4 is 45.3 Å². The molecule has 0 saturated heterocycles. The van der Waals surface area contributed by atoms with E-state index in [1.165, 1.54) is 4.68 Å². The lowest BCUT2D eigenvalue weighted by Crippen LogP contribution is -2.12. The second-order valence-electron chi connectivity index (χ2n) is 3.48. The summed E-state index contributed by atoms with van der Waals surface area (Å²) in [6, 6.07) is 5.18. The van der Waals surface area contributed by atoms with Crippen molar-refractivity contribution in [3.8, 4) is 11.4 Å². The number of carboxylic acids is 1. The number of nitrogens with zero attached hydrogens (tertiary/aromatic N) is 3. The summed E-state index contributed by atoms with van der Waals surface area (Å²) in [5.41, 5.74) is 0.724. The molecule has 19 heavy (non-hydrogen) atoms. The molecule has 0 aliphatic heterocycles. The van der Waals surface area contributed by atoms with Crippen LogP contribution in [0.2, 0.25) is 5.02 Å². The smallest absolute Gasteiger partial charge is 0.313 e. The Hall–Kier alpha value is -1.25. The predicted molar refractivity (Wildman–Crippen MR) is 76.7 cm³/mol. The maximum absolute atomic E-state index is 10.5. The lowest BCUT2D eigenvalue weighted by Gasteiger charge is -2.05. The summed E-state index contributed by atoms with van der Waals surface area (Å²) in [6.45, 7) is 0. The largest absolute Gasteiger partial charge is 0.481 e. The molecule has 9 heteroatoms. The number of halogens is 2. The predicted octanol–water partition coefficient (Wildman–Crippen LogP) is 2.25. The first-order valence-electron chi connectivity index (χ1n) is 4.99. The number of hydrogen-bond donors (Lipinski definition) is 2. The average molecular weight is 364 g/mol. The number of aromatic nitrogens is 3. The first-order chi connectivity index (χ1) is 8.99. The van der Waals surface area contributed by atoms with Crippen molar-refractivity contribution in [2.45, 2.75) is 5.16 Å². The summed E-state index contributed by atoms with van der Waals surface area (Å²) >= 11 is 10.2. The van der Waals surface area contributed by atoms with Gasteiger partial charge < -0.3 is 10.9 Å². The van der Waals surface area contributed by atoms with Gasteiger partial charge in [-0.25, -0.2) is 4.68 Å². The fourth-order valence-corrected chi connectivity index (χ4v) is 2.79. The second kappa shape index (κ2) is 5.81. The van der Waals surface area contributed by atoms with Crippen molar-refractivity contribution < 1.29 is 9.90 Å². The van der Waals surface area contributed by atoms with Crippen LogP contribution in [-0.2, 0) is 4.79 Å². The van der Waals surface area contributed by atoms with E-state index in [1.807, 2.05) is 0 Å². The number of benzene rings is 1. The molecule has 2 aromatic rings. The third-order valence-electron chi connectivity index (χ3n) is 2.16. The molecule has 0 unspecified atom stereocenters. The van der Waals surface area contributed by atoms with Crippen molar-refractivity contribution in [3.05, 3.63) is 27.7 Å². The fraction of sp³-hybridized carbons (Fsp3) is 0.100. The van der Waals surface area contributed by atoms with Crippen LogP contribution in [0.4, 0.5) is 0 Å². The monoisotopic (exact) mass is 362 g/mol. The van der Waals surface area contributed by atoms with Gasteiger partial charge in [0.2, 0.25) is 5.16 Å². The van der Waals surface area contributed by atoms with Gasteiger partial charge in [-0.15, -0.1) is 10.2 Å². The number of carboxylic acid groups (broad SMARTS) is 1. The highest BCUT2D eigenvalue weighted by atomic mass is 79.9. The number of nitrogen functional groups attached to an aromatic ring is 1. The van der Waals surface area contributed by atoms with Gasteiger partial charge in [0.05, 0.1) is 5.75 Å². The first-order valence-corrected chi connectivity index (χ1v) is 7.15. The van der Waals surface area contributed by atoms with Crippen LogP contribution < -0.4 is 5.84 Å². The topological polar surface area (TPSA) is 94.0 Å². The van der Waals surface area contributed by atoms with E-state index < -0.39 is 5.97 Å². The summed E-state index contributed by atoms with van der Waals surface area (Å²) in [5.74, 6) is 5.21. The molecule has 100 valence electrons. The van der Waals surface area contributed by atoms with Crippen LogP contribution in [0.15, 0.2) is 27.8 Å². The molecule has 0 radical (unpaired) electrons. The van der Waals surface area contributed by atoms with E-state index in [1.54, 1.807) is 18.2 Å². The molecule has 0 aliphatic rings. The summed E-state index contributed by atoms with van der Waals surface area (Å²) in [6.07, 6.45) is 0. The van der Waals surface area contributed by atoms with Gasteiger partial charge in [0.15, 0.2) is 5.82 Å². The number of rotatable bonds is 4. The zero-order valence-electron chi connectivity index (χ0n) is 9.38. The van der Waals surface area contributed by atoms with Crippen molar-refractivity contribution in [1.29, 1.82) is 0 Å². The maximum atomic E-state index is 10.5. The Morgan fingerprint density at radius 1 is 1.53 bits per heavy atom. The Morgan fingerprint density at radius 2 is 2.26 bits per heavy atom. The molecule has 2 rings (SSSR count). The number of carbonyl (C=O) groups is 1. The van der Waals surface area contributed by atoms with Crippen LogP contribution in [0.3, 0.4) is 0 Å². The molecule has 0 amide bonds. The van der Waals surface area contributed by atoms with E-state index in [0.717, 1.165) is 21.8 Å². The quantitative estimate of drug-likeness (QED) is 0.639. The molecule has 1 aromatic heterocycles. The molecule has 0 aliphatic carbocycles. The van der Waals surface area contributed by atoms with E-state index in [-0.39, 0.29) is 5.75 Å². The zero-order valence-corrected chi connectivity index (χ0v) is 12.5. The molecule has 1 aromatic carbocycles. The lowest BCUT2D eigenvalue weighted by atomic mass is 10.2. The van der Waals surface area contributed by atoms with Gasteiger partial charge in [0.25, 0.3) is 0 Å². The second-order valence-corrected chi connectivity index (χ2v) is 5.72. The molecule has 0 bridgehead atoms. The molecule has 0 atom stereocenters. The average Bonchev–Trinajstić information content (AvgIpc) is 2.68. The van der Waals surface area contributed by atoms with Gasteiger partial charge in [-0.1, -0.05) is 23.4 Å². The van der Waals surface area contributed by atoms with E-state index >= 15 is 0 Å². The van der Waals surface area contributed by atoms with Crippen molar-refractivity contribution in [2.24, 2.45) is 0 Å². The minimum Gasteiger partial charge on any atom is -0.481 e. The molecular formula is C10H8BrClN4O2S. The fourth-order valence-electron chi connectivity index (χ4n) is 1.36. The minimum atomic E-state index is -0.942. The van der Waals surface area contributed by atoms with E-state index in [2.05, 4.69) is 26.1 Å². The number of thioether (sulfide) groups is 1. The summed E-state index contributed by atoms with van der Waals surface area (Å²) < 4.78 is 1.98. The summed E-state index contributed by atoms with van der Waals surface area (Å²) in [5, 5.41) is 17.4. The highest BCUT2D eigenvalue weighted by molar-refractivity contribution is 9.10. The molecule has 0 spiro atoms. The maximum Gasteiger partial charge on any atom is 0.313 e. The van der Waals surface area contributed by atoms with Gasteiger partial charge in [-0.2, -0.15) is 0 Å². The molecule has 3 N–H and O–H groups in total. The third kappa shape index (κ3) is 3.20. The van der Waals surface area contributed by atoms with Crippen LogP contribution in [-0.4, -0.2) is 31.7 Å². The molecule has 0 fully saturated rings. The SMILES string of the molecule is Nn1c(SCC(=O)O)nnc1-c1ccc(Cl)cc1Br. The lowest BCUT2D eigenvalue weighted by molar-refractivity contribution is -0.133. The Morgan fingerprint density at radius 3 is 2.89 bits per heavy atom. The Balaban J connectivity index is 2.33. The van der Waals surface area contributed by atoms with E-state index in [0.29, 0.717) is 16.0 Å². The van der Waals surface area contributed by atoms with Crippen LogP contribution in [0.1, 0.15) is 0 Å². The number of aliphatic carboxylic acids is 1. The summed E-state index contributed by atoms with van der Waals surface area (Å²) in [7, 11) is 0. The van der Waals surface area contributed by atoms with E-state index in [4.69, 9.17) is 22.6 Å². The number of hydrogen-bond acceptors (Lipinski definition) is 5. The third-order valence-corrected chi connectivity index (χ3v) is 3.98. The van der Waals surface area contributed by atoms with Gasteiger partial charge >= 0.3 is 5.97 Å². The van der Waals surface area contributed by atoms with Crippen molar-refractivity contribution in [1.82, 2.24) is 14.9 Å². The Kier molecular flexibility index (Phi) is 4.33. The minimum absolute atomic E-state index is 0.128. The van der Waals surface area contributed by atoms with Crippen LogP contribution >= 0.6 is 39.3 Å². The Labute approximate surface area is 126 Å². The molecule has 0 saturated carbocycles. The normalized spacial score (nSPS) is 10.6. The van der Waals surface area contributed by atoms with Crippen molar-refractivity contribution in [2.75, 3.05) is 11.6 Å². The highest BCUT2D eigenvalue weighted by Gasteiger charge is 2.15. The van der Waals surface area contributed by atoms with Crippen molar-refractivity contribution in [3.63, 3.8) is 0 Å². The first kappa shape index (κ1) is 14.2. The highest BCUT2D eigenvalue weighted by Crippen LogP contribution is 2.30. The van der Waals surface area contributed by atoms with Crippen LogP contribution in [0.25, 0.3) is 11.4 Å². The van der Waals surface area contributed by atoms with Gasteiger partial charge in [-0.3, -0.25) is 4.79 Å². The number of nitrogens with two attached hydrogens (primary N) is 1.